The topological polar surface area (TPSA) is 224 Å². The predicted octanol–water partition coefficient (Wildman–Crippen LogP) is 1.05. The predicted molar refractivity (Wildman–Crippen MR) is 157 cm³/mol. The van der Waals surface area contributed by atoms with Crippen molar-refractivity contribution < 1.29 is 39.3 Å². The summed E-state index contributed by atoms with van der Waals surface area (Å²) in [5, 5.41) is 36.6. The molecule has 1 aromatic heterocycles. The Bertz CT molecular complexity index is 1450. The number of nitrogens with two attached hydrogens (primary N) is 1. The van der Waals surface area contributed by atoms with E-state index in [2.05, 4.69) is 20.9 Å². The zero-order valence-corrected chi connectivity index (χ0v) is 23.9. The van der Waals surface area contributed by atoms with Crippen molar-refractivity contribution in [1.82, 2.24) is 20.9 Å². The number of amides is 3. The lowest BCUT2D eigenvalue weighted by Crippen LogP contribution is -2.58. The number of aromatic hydroxyl groups is 1. The zero-order chi connectivity index (χ0) is 31.7. The van der Waals surface area contributed by atoms with Crippen LogP contribution in [0.25, 0.3) is 10.9 Å². The molecule has 43 heavy (non-hydrogen) atoms. The number of H-pyrrole nitrogens is 1. The minimum atomic E-state index is -1.62. The normalized spacial score (nSPS) is 14.6. The maximum Gasteiger partial charge on any atom is 0.326 e. The Morgan fingerprint density at radius 2 is 1.49 bits per heavy atom. The number of aromatic nitrogens is 1. The number of carbonyl (C=O) groups is 5. The van der Waals surface area contributed by atoms with E-state index < -0.39 is 66.2 Å². The average Bonchev–Trinajstić information content (AvgIpc) is 3.38. The molecule has 1 heterocycles. The zero-order valence-electron chi connectivity index (χ0n) is 23.9. The number of hydrogen-bond donors (Lipinski definition) is 8. The quantitative estimate of drug-likeness (QED) is 0.125. The molecule has 5 atom stereocenters. The molecule has 13 heteroatoms. The van der Waals surface area contributed by atoms with Crippen LogP contribution in [0.3, 0.4) is 0 Å². The molecule has 0 fully saturated rings. The molecule has 13 nitrogen and oxygen atoms in total. The first-order valence-electron chi connectivity index (χ1n) is 13.8. The Kier molecular flexibility index (Phi) is 11.2. The van der Waals surface area contributed by atoms with E-state index in [0.717, 1.165) is 10.9 Å². The van der Waals surface area contributed by atoms with Gasteiger partial charge in [0.15, 0.2) is 0 Å². The molecule has 0 bridgehead atoms. The number of carboxylic acid groups (broad SMARTS) is 2. The van der Waals surface area contributed by atoms with Crippen molar-refractivity contribution in [3.63, 3.8) is 0 Å². The number of aromatic amines is 1. The number of rotatable bonds is 15. The van der Waals surface area contributed by atoms with Gasteiger partial charge in [-0.15, -0.1) is 0 Å². The van der Waals surface area contributed by atoms with Crippen LogP contribution in [-0.2, 0) is 36.8 Å². The van der Waals surface area contributed by atoms with Gasteiger partial charge < -0.3 is 42.0 Å². The Hall–Kier alpha value is -4.91. The van der Waals surface area contributed by atoms with E-state index in [9.17, 15) is 39.3 Å². The molecule has 9 N–H and O–H groups in total. The molecule has 3 rings (SSSR count). The third-order valence-corrected chi connectivity index (χ3v) is 7.25. The molecular formula is C30H37N5O8. The number of fused-ring (bicyclic) bond motifs is 1. The minimum absolute atomic E-state index is 0.0282. The van der Waals surface area contributed by atoms with E-state index in [1.54, 1.807) is 32.2 Å². The summed E-state index contributed by atoms with van der Waals surface area (Å²) in [4.78, 5) is 66.2. The highest BCUT2D eigenvalue weighted by atomic mass is 16.4. The largest absolute Gasteiger partial charge is 0.508 e. The van der Waals surface area contributed by atoms with Gasteiger partial charge in [0.05, 0.1) is 12.5 Å². The summed E-state index contributed by atoms with van der Waals surface area (Å²) in [6.07, 6.45) is 1.36. The molecule has 0 aliphatic heterocycles. The van der Waals surface area contributed by atoms with Crippen LogP contribution in [-0.4, -0.2) is 74.1 Å². The first-order chi connectivity index (χ1) is 20.4. The molecule has 0 aliphatic carbocycles. The number of benzene rings is 2. The summed E-state index contributed by atoms with van der Waals surface area (Å²) in [6, 6.07) is 8.16. The van der Waals surface area contributed by atoms with Gasteiger partial charge in [-0.3, -0.25) is 19.2 Å². The Morgan fingerprint density at radius 3 is 2.12 bits per heavy atom. The molecule has 0 aliphatic rings. The van der Waals surface area contributed by atoms with Crippen LogP contribution < -0.4 is 21.7 Å². The third-order valence-electron chi connectivity index (χ3n) is 7.25. The second kappa shape index (κ2) is 14.8. The van der Waals surface area contributed by atoms with Gasteiger partial charge in [0.1, 0.15) is 23.9 Å². The van der Waals surface area contributed by atoms with Gasteiger partial charge in [-0.05, 0) is 41.7 Å². The van der Waals surface area contributed by atoms with Gasteiger partial charge in [0, 0.05) is 23.5 Å². The summed E-state index contributed by atoms with van der Waals surface area (Å²) >= 11 is 0. The van der Waals surface area contributed by atoms with Gasteiger partial charge in [-0.2, -0.15) is 0 Å². The van der Waals surface area contributed by atoms with E-state index >= 15 is 0 Å². The molecule has 0 saturated heterocycles. The number of carbonyl (C=O) groups excluding carboxylic acids is 3. The number of phenols is 1. The fourth-order valence-electron chi connectivity index (χ4n) is 4.58. The molecule has 2 aromatic carbocycles. The van der Waals surface area contributed by atoms with E-state index in [-0.39, 0.29) is 18.6 Å². The standard InChI is InChI=1S/C30H37N5O8/c1-3-16(2)26(30(42)43)35-29(41)24(14-25(37)38)34-28(40)23(13-18-15-32-22-7-5-4-6-20(18)22)33-27(39)21(31)12-17-8-10-19(36)11-9-17/h4-11,15-16,21,23-24,26,32,36H,3,12-14,31H2,1-2H3,(H,33,39)(H,34,40)(H,35,41)(H,37,38)(H,42,43). The lowest BCUT2D eigenvalue weighted by Gasteiger charge is -2.26. The van der Waals surface area contributed by atoms with Crippen LogP contribution >= 0.6 is 0 Å². The molecule has 5 unspecified atom stereocenters. The molecule has 230 valence electrons. The molecular weight excluding hydrogens is 558 g/mol. The first-order valence-corrected chi connectivity index (χ1v) is 13.8. The molecule has 3 aromatic rings. The van der Waals surface area contributed by atoms with Crippen LogP contribution in [0.5, 0.6) is 5.75 Å². The van der Waals surface area contributed by atoms with E-state index in [1.165, 1.54) is 12.1 Å². The van der Waals surface area contributed by atoms with Crippen LogP contribution in [0, 0.1) is 5.92 Å². The fraction of sp³-hybridized carbons (Fsp3) is 0.367. The van der Waals surface area contributed by atoms with Crippen molar-refractivity contribution >= 4 is 40.6 Å². The number of carboxylic acids is 2. The molecule has 0 radical (unpaired) electrons. The number of hydrogen-bond acceptors (Lipinski definition) is 7. The number of para-hydroxylation sites is 1. The molecule has 0 spiro atoms. The van der Waals surface area contributed by atoms with E-state index in [4.69, 9.17) is 5.73 Å². The highest BCUT2D eigenvalue weighted by Crippen LogP contribution is 2.20. The maximum absolute atomic E-state index is 13.6. The Balaban J connectivity index is 1.84. The lowest BCUT2D eigenvalue weighted by molar-refractivity contribution is -0.144. The highest BCUT2D eigenvalue weighted by molar-refractivity contribution is 5.96. The van der Waals surface area contributed by atoms with E-state index in [1.807, 2.05) is 24.3 Å². The minimum Gasteiger partial charge on any atom is -0.508 e. The smallest absolute Gasteiger partial charge is 0.326 e. The highest BCUT2D eigenvalue weighted by Gasteiger charge is 2.33. The number of phenolic OH excluding ortho intramolecular Hbond substituents is 1. The molecule has 0 saturated carbocycles. The first kappa shape index (κ1) is 32.6. The summed E-state index contributed by atoms with van der Waals surface area (Å²) in [5.41, 5.74) is 8.26. The number of nitrogens with one attached hydrogen (secondary N) is 4. The van der Waals surface area contributed by atoms with Crippen LogP contribution in [0.1, 0.15) is 37.8 Å². The maximum atomic E-state index is 13.6. The lowest BCUT2D eigenvalue weighted by atomic mass is 9.98. The molecule has 3 amide bonds. The summed E-state index contributed by atoms with van der Waals surface area (Å²) in [6.45, 7) is 3.37. The van der Waals surface area contributed by atoms with Crippen molar-refractivity contribution in [2.24, 2.45) is 11.7 Å². The van der Waals surface area contributed by atoms with Gasteiger partial charge >= 0.3 is 11.9 Å². The SMILES string of the molecule is CCC(C)C(NC(=O)C(CC(=O)O)NC(=O)C(Cc1c[nH]c2ccccc12)NC(=O)C(N)Cc1ccc(O)cc1)C(=O)O. The Morgan fingerprint density at radius 1 is 0.860 bits per heavy atom. The van der Waals surface area contributed by atoms with Crippen LogP contribution in [0.2, 0.25) is 0 Å². The van der Waals surface area contributed by atoms with Crippen molar-refractivity contribution in [3.8, 4) is 5.75 Å². The number of aliphatic carboxylic acids is 2. The van der Waals surface area contributed by atoms with Crippen molar-refractivity contribution in [3.05, 3.63) is 65.9 Å². The second-order valence-corrected chi connectivity index (χ2v) is 10.5. The summed E-state index contributed by atoms with van der Waals surface area (Å²) < 4.78 is 0. The van der Waals surface area contributed by atoms with Gasteiger partial charge in [0.25, 0.3) is 0 Å². The summed E-state index contributed by atoms with van der Waals surface area (Å²) in [7, 11) is 0. The van der Waals surface area contributed by atoms with Crippen molar-refractivity contribution in [1.29, 1.82) is 0 Å². The van der Waals surface area contributed by atoms with E-state index in [0.29, 0.717) is 17.5 Å². The van der Waals surface area contributed by atoms with Gasteiger partial charge in [0.2, 0.25) is 17.7 Å². The van der Waals surface area contributed by atoms with Crippen LogP contribution in [0.4, 0.5) is 0 Å². The van der Waals surface area contributed by atoms with Gasteiger partial charge in [-0.1, -0.05) is 50.6 Å². The third kappa shape index (κ3) is 9.04. The van der Waals surface area contributed by atoms with Gasteiger partial charge in [-0.25, -0.2) is 4.79 Å². The van der Waals surface area contributed by atoms with Crippen LogP contribution in [0.15, 0.2) is 54.7 Å². The Labute approximate surface area is 247 Å². The van der Waals surface area contributed by atoms with Crippen molar-refractivity contribution in [2.45, 2.75) is 63.7 Å². The fourth-order valence-corrected chi connectivity index (χ4v) is 4.58. The monoisotopic (exact) mass is 595 g/mol. The van der Waals surface area contributed by atoms with Crippen molar-refractivity contribution in [2.75, 3.05) is 0 Å². The average molecular weight is 596 g/mol. The second-order valence-electron chi connectivity index (χ2n) is 10.5. The summed E-state index contributed by atoms with van der Waals surface area (Å²) in [5.74, 6) is -5.62.